The van der Waals surface area contributed by atoms with Gasteiger partial charge in [-0.25, -0.2) is 0 Å². The summed E-state index contributed by atoms with van der Waals surface area (Å²) in [7, 11) is 0. The molecule has 0 aliphatic rings. The van der Waals surface area contributed by atoms with E-state index < -0.39 is 0 Å². The van der Waals surface area contributed by atoms with E-state index in [-0.39, 0.29) is 0 Å². The first-order chi connectivity index (χ1) is 7.20. The summed E-state index contributed by atoms with van der Waals surface area (Å²) in [6.07, 6.45) is 7.86. The van der Waals surface area contributed by atoms with Gasteiger partial charge in [0.25, 0.3) is 0 Å². The molecule has 0 aliphatic carbocycles. The Kier molecular flexibility index (Phi) is 10.4. The highest BCUT2D eigenvalue weighted by atomic mass is 15.1. The van der Waals surface area contributed by atoms with Crippen LogP contribution in [0.2, 0.25) is 0 Å². The van der Waals surface area contributed by atoms with Crippen LogP contribution in [0.1, 0.15) is 59.3 Å². The van der Waals surface area contributed by atoms with Gasteiger partial charge in [0.2, 0.25) is 0 Å². The lowest BCUT2D eigenvalue weighted by molar-refractivity contribution is 0.256. The molecule has 0 saturated heterocycles. The largest absolute Gasteiger partial charge is 0.303 e. The summed E-state index contributed by atoms with van der Waals surface area (Å²) in [4.78, 5) is 2.59. The van der Waals surface area contributed by atoms with Gasteiger partial charge >= 0.3 is 0 Å². The van der Waals surface area contributed by atoms with Gasteiger partial charge in [-0.15, -0.1) is 0 Å². The van der Waals surface area contributed by atoms with Crippen molar-refractivity contribution >= 4 is 0 Å². The molecule has 0 aliphatic heterocycles. The van der Waals surface area contributed by atoms with Crippen LogP contribution >= 0.6 is 0 Å². The van der Waals surface area contributed by atoms with Gasteiger partial charge in [0.05, 0.1) is 0 Å². The summed E-state index contributed by atoms with van der Waals surface area (Å²) >= 11 is 0. The monoisotopic (exact) mass is 212 g/mol. The van der Waals surface area contributed by atoms with E-state index in [9.17, 15) is 0 Å². The summed E-state index contributed by atoms with van der Waals surface area (Å²) in [5.74, 6) is 0.827. The van der Waals surface area contributed by atoms with Crippen molar-refractivity contribution in [2.45, 2.75) is 59.3 Å². The minimum absolute atomic E-state index is 0.827. The van der Waals surface area contributed by atoms with Crippen LogP contribution in [0.4, 0.5) is 0 Å². The van der Waals surface area contributed by atoms with E-state index in [4.69, 9.17) is 0 Å². The predicted octanol–water partition coefficient (Wildman–Crippen LogP) is 4.14. The summed E-state index contributed by atoms with van der Waals surface area (Å²) in [5, 5.41) is 0. The highest BCUT2D eigenvalue weighted by molar-refractivity contribution is 4.60. The van der Waals surface area contributed by atoms with Crippen molar-refractivity contribution < 1.29 is 0 Å². The summed E-state index contributed by atoms with van der Waals surface area (Å²) in [6.45, 7) is 14.6. The molecule has 15 heavy (non-hydrogen) atoms. The molecule has 0 unspecified atom stereocenters. The molecule has 0 aromatic rings. The van der Waals surface area contributed by atoms with E-state index in [0.29, 0.717) is 0 Å². The lowest BCUT2D eigenvalue weighted by atomic mass is 10.1. The fraction of sp³-hybridized carbons (Fsp3) is 0.929. The number of unbranched alkanes of at least 4 members (excludes halogenated alkanes) is 3. The average molecular weight is 212 g/mol. The smallest absolute Gasteiger partial charge is 0.00163 e. The van der Waals surface area contributed by atoms with Crippen molar-refractivity contribution in [1.82, 2.24) is 4.90 Å². The second-order valence-electron chi connectivity index (χ2n) is 4.94. The van der Waals surface area contributed by atoms with Gasteiger partial charge in [-0.3, -0.25) is 0 Å². The molecule has 0 N–H and O–H groups in total. The molecule has 0 aromatic carbocycles. The minimum Gasteiger partial charge on any atom is -0.303 e. The Bertz CT molecular complexity index is 121. The van der Waals surface area contributed by atoms with E-state index in [1.54, 1.807) is 0 Å². The number of nitrogens with zero attached hydrogens (tertiary/aromatic N) is 1. The zero-order valence-electron chi connectivity index (χ0n) is 11.1. The summed E-state index contributed by atoms with van der Waals surface area (Å²) in [5.41, 5.74) is 0. The number of hydrogen-bond acceptors (Lipinski definition) is 1. The fourth-order valence-corrected chi connectivity index (χ4v) is 1.76. The number of rotatable bonds is 10. The second-order valence-corrected chi connectivity index (χ2v) is 4.94. The summed E-state index contributed by atoms with van der Waals surface area (Å²) < 4.78 is 0. The van der Waals surface area contributed by atoms with Crippen LogP contribution in [0.15, 0.2) is 0 Å². The molecular formula is C14H30N. The average Bonchev–Trinajstić information content (AvgIpc) is 2.20. The maximum absolute atomic E-state index is 3.96. The summed E-state index contributed by atoms with van der Waals surface area (Å²) in [6, 6.07) is 0. The van der Waals surface area contributed by atoms with Crippen molar-refractivity contribution in [3.05, 3.63) is 6.92 Å². The third-order valence-corrected chi connectivity index (χ3v) is 2.82. The van der Waals surface area contributed by atoms with Crippen LogP contribution in [0.3, 0.4) is 0 Å². The SMILES string of the molecule is [CH2]CCN(CCCCCC)CCC(C)C. The Balaban J connectivity index is 3.53. The van der Waals surface area contributed by atoms with Crippen molar-refractivity contribution in [1.29, 1.82) is 0 Å². The highest BCUT2D eigenvalue weighted by Crippen LogP contribution is 2.06. The molecule has 0 fully saturated rings. The Labute approximate surface area is 97.2 Å². The van der Waals surface area contributed by atoms with Gasteiger partial charge in [-0.2, -0.15) is 0 Å². The van der Waals surface area contributed by atoms with Crippen molar-refractivity contribution in [3.8, 4) is 0 Å². The lowest BCUT2D eigenvalue weighted by Gasteiger charge is -2.22. The molecule has 1 heteroatoms. The minimum atomic E-state index is 0.827. The van der Waals surface area contributed by atoms with Crippen LogP contribution in [-0.4, -0.2) is 24.5 Å². The molecular weight excluding hydrogens is 182 g/mol. The van der Waals surface area contributed by atoms with Gasteiger partial charge < -0.3 is 4.90 Å². The van der Waals surface area contributed by atoms with E-state index in [2.05, 4.69) is 32.6 Å². The molecule has 1 nitrogen and oxygen atoms in total. The van der Waals surface area contributed by atoms with Gasteiger partial charge in [0.15, 0.2) is 0 Å². The highest BCUT2D eigenvalue weighted by Gasteiger charge is 2.04. The first-order valence-corrected chi connectivity index (χ1v) is 6.72. The van der Waals surface area contributed by atoms with Gasteiger partial charge in [0, 0.05) is 0 Å². The molecule has 0 rings (SSSR count). The van der Waals surface area contributed by atoms with Gasteiger partial charge in [-0.1, -0.05) is 47.0 Å². The fourth-order valence-electron chi connectivity index (χ4n) is 1.76. The molecule has 0 bridgehead atoms. The Morgan fingerprint density at radius 1 is 1.00 bits per heavy atom. The predicted molar refractivity (Wildman–Crippen MR) is 70.0 cm³/mol. The first kappa shape index (κ1) is 15.0. The molecule has 0 saturated carbocycles. The van der Waals surface area contributed by atoms with Crippen LogP contribution in [0.5, 0.6) is 0 Å². The Hall–Kier alpha value is -0.0400. The lowest BCUT2D eigenvalue weighted by Crippen LogP contribution is -2.27. The molecule has 0 spiro atoms. The van der Waals surface area contributed by atoms with Crippen molar-refractivity contribution in [2.24, 2.45) is 5.92 Å². The van der Waals surface area contributed by atoms with E-state index in [0.717, 1.165) is 12.3 Å². The Morgan fingerprint density at radius 2 is 1.73 bits per heavy atom. The Morgan fingerprint density at radius 3 is 2.27 bits per heavy atom. The molecule has 1 radical (unpaired) electrons. The van der Waals surface area contributed by atoms with Crippen LogP contribution < -0.4 is 0 Å². The van der Waals surface area contributed by atoms with E-state index >= 15 is 0 Å². The maximum Gasteiger partial charge on any atom is -0.00163 e. The van der Waals surface area contributed by atoms with E-state index in [1.807, 2.05) is 0 Å². The maximum atomic E-state index is 3.96. The zero-order chi connectivity index (χ0) is 11.5. The van der Waals surface area contributed by atoms with Crippen molar-refractivity contribution in [3.63, 3.8) is 0 Å². The van der Waals surface area contributed by atoms with Crippen LogP contribution in [0.25, 0.3) is 0 Å². The molecule has 0 atom stereocenters. The van der Waals surface area contributed by atoms with E-state index in [1.165, 1.54) is 51.7 Å². The topological polar surface area (TPSA) is 3.24 Å². The third kappa shape index (κ3) is 10.2. The van der Waals surface area contributed by atoms with Crippen molar-refractivity contribution in [2.75, 3.05) is 19.6 Å². The third-order valence-electron chi connectivity index (χ3n) is 2.82. The van der Waals surface area contributed by atoms with Crippen LogP contribution in [-0.2, 0) is 0 Å². The molecule has 0 heterocycles. The quantitative estimate of drug-likeness (QED) is 0.492. The number of hydrogen-bond donors (Lipinski definition) is 0. The molecule has 0 aromatic heterocycles. The zero-order valence-corrected chi connectivity index (χ0v) is 11.1. The van der Waals surface area contributed by atoms with Crippen LogP contribution in [0, 0.1) is 12.8 Å². The molecule has 0 amide bonds. The van der Waals surface area contributed by atoms with Gasteiger partial charge in [0.1, 0.15) is 0 Å². The normalized spacial score (nSPS) is 11.6. The first-order valence-electron chi connectivity index (χ1n) is 6.72. The second kappa shape index (κ2) is 10.5. The molecule has 91 valence electrons. The van der Waals surface area contributed by atoms with Gasteiger partial charge in [-0.05, 0) is 44.8 Å². The standard InChI is InChI=1S/C14H30N/c1-5-7-8-9-12-15(11-6-2)13-10-14(3)4/h14H,2,5-13H2,1,3-4H3.